The summed E-state index contributed by atoms with van der Waals surface area (Å²) in [5.41, 5.74) is 1.87. The van der Waals surface area contributed by atoms with E-state index in [0.717, 1.165) is 47.1 Å². The Morgan fingerprint density at radius 1 is 1.04 bits per heavy atom. The Morgan fingerprint density at radius 3 is 2.56 bits per heavy atom. The molecule has 1 aromatic heterocycles. The summed E-state index contributed by atoms with van der Waals surface area (Å²) in [5, 5.41) is 4.31. The molecule has 1 aliphatic rings. The highest BCUT2D eigenvalue weighted by molar-refractivity contribution is 5.91. The molecule has 0 spiro atoms. The van der Waals surface area contributed by atoms with Gasteiger partial charge in [-0.2, -0.15) is 4.98 Å². The van der Waals surface area contributed by atoms with E-state index in [0.29, 0.717) is 6.54 Å². The molecule has 0 radical (unpaired) electrons. The smallest absolute Gasteiger partial charge is 0.227 e. The van der Waals surface area contributed by atoms with E-state index in [1.54, 1.807) is 19.2 Å². The molecule has 6 heteroatoms. The zero-order chi connectivity index (χ0) is 18.6. The molecule has 4 rings (SSSR count). The number of halogens is 1. The number of rotatable bonds is 5. The number of aromatic nitrogens is 2. The second-order valence-corrected chi connectivity index (χ2v) is 6.78. The van der Waals surface area contributed by atoms with Crippen molar-refractivity contribution in [3.63, 3.8) is 0 Å². The standard InChI is InChI=1S/C21H23FN4O/c1-27-17-9-10-19-18(13-17)20(23-14-15-5-7-16(22)8-6-15)25-21(24-19)26-11-3-2-4-12-26/h5-10,13H,2-4,11-12,14H2,1H3,(H,23,24,25). The lowest BCUT2D eigenvalue weighted by molar-refractivity contribution is 0.415. The van der Waals surface area contributed by atoms with E-state index in [1.165, 1.54) is 31.4 Å². The van der Waals surface area contributed by atoms with Gasteiger partial charge in [0.25, 0.3) is 0 Å². The Balaban J connectivity index is 1.68. The average Bonchev–Trinajstić information content (AvgIpc) is 2.73. The summed E-state index contributed by atoms with van der Waals surface area (Å²) in [6.45, 7) is 2.53. The average molecular weight is 366 g/mol. The van der Waals surface area contributed by atoms with Crippen LogP contribution in [0.1, 0.15) is 24.8 Å². The lowest BCUT2D eigenvalue weighted by Crippen LogP contribution is -2.31. The minimum Gasteiger partial charge on any atom is -0.497 e. The zero-order valence-corrected chi connectivity index (χ0v) is 15.4. The molecule has 2 aromatic carbocycles. The van der Waals surface area contributed by atoms with Crippen LogP contribution in [0.25, 0.3) is 10.9 Å². The summed E-state index contributed by atoms with van der Waals surface area (Å²) in [6.07, 6.45) is 3.60. The fraction of sp³-hybridized carbons (Fsp3) is 0.333. The fourth-order valence-corrected chi connectivity index (χ4v) is 3.38. The van der Waals surface area contributed by atoms with E-state index in [-0.39, 0.29) is 5.82 Å². The SMILES string of the molecule is COc1ccc2nc(N3CCCCC3)nc(NCc3ccc(F)cc3)c2c1. The van der Waals surface area contributed by atoms with Gasteiger partial charge in [0.1, 0.15) is 17.4 Å². The van der Waals surface area contributed by atoms with Gasteiger partial charge in [0.15, 0.2) is 0 Å². The highest BCUT2D eigenvalue weighted by Crippen LogP contribution is 2.28. The van der Waals surface area contributed by atoms with Gasteiger partial charge in [0, 0.05) is 25.0 Å². The molecule has 0 atom stereocenters. The second-order valence-electron chi connectivity index (χ2n) is 6.78. The van der Waals surface area contributed by atoms with Crippen LogP contribution in [0.15, 0.2) is 42.5 Å². The predicted octanol–water partition coefficient (Wildman–Crippen LogP) is 4.38. The lowest BCUT2D eigenvalue weighted by atomic mass is 10.1. The number of ether oxygens (including phenoxy) is 1. The van der Waals surface area contributed by atoms with Crippen LogP contribution in [-0.2, 0) is 6.54 Å². The maximum Gasteiger partial charge on any atom is 0.227 e. The molecule has 3 aromatic rings. The summed E-state index contributed by atoms with van der Waals surface area (Å²) in [6, 6.07) is 12.3. The van der Waals surface area contributed by atoms with Crippen LogP contribution in [0.4, 0.5) is 16.2 Å². The molecule has 0 saturated carbocycles. The van der Waals surface area contributed by atoms with Crippen molar-refractivity contribution >= 4 is 22.7 Å². The van der Waals surface area contributed by atoms with E-state index in [1.807, 2.05) is 18.2 Å². The number of methoxy groups -OCH3 is 1. The van der Waals surface area contributed by atoms with Crippen LogP contribution < -0.4 is 15.0 Å². The number of nitrogens with zero attached hydrogens (tertiary/aromatic N) is 3. The van der Waals surface area contributed by atoms with Gasteiger partial charge < -0.3 is 15.0 Å². The van der Waals surface area contributed by atoms with Gasteiger partial charge in [0.2, 0.25) is 5.95 Å². The van der Waals surface area contributed by atoms with E-state index >= 15 is 0 Å². The molecule has 5 nitrogen and oxygen atoms in total. The molecule has 0 bridgehead atoms. The Morgan fingerprint density at radius 2 is 1.81 bits per heavy atom. The van der Waals surface area contributed by atoms with E-state index in [4.69, 9.17) is 14.7 Å². The first-order valence-electron chi connectivity index (χ1n) is 9.32. The fourth-order valence-electron chi connectivity index (χ4n) is 3.38. The van der Waals surface area contributed by atoms with Gasteiger partial charge in [-0.1, -0.05) is 12.1 Å². The predicted molar refractivity (Wildman–Crippen MR) is 106 cm³/mol. The first-order valence-corrected chi connectivity index (χ1v) is 9.32. The molecular formula is C21H23FN4O. The van der Waals surface area contributed by atoms with Crippen molar-refractivity contribution in [1.82, 2.24) is 9.97 Å². The van der Waals surface area contributed by atoms with Crippen molar-refractivity contribution in [2.45, 2.75) is 25.8 Å². The highest BCUT2D eigenvalue weighted by Gasteiger charge is 2.16. The normalized spacial score (nSPS) is 14.4. The maximum absolute atomic E-state index is 13.1. The largest absolute Gasteiger partial charge is 0.497 e. The number of fused-ring (bicyclic) bond motifs is 1. The van der Waals surface area contributed by atoms with Gasteiger partial charge in [-0.05, 0) is 55.2 Å². The molecule has 1 fully saturated rings. The van der Waals surface area contributed by atoms with Crippen molar-refractivity contribution < 1.29 is 9.13 Å². The molecule has 27 heavy (non-hydrogen) atoms. The van der Waals surface area contributed by atoms with Gasteiger partial charge in [-0.25, -0.2) is 9.37 Å². The van der Waals surface area contributed by atoms with Crippen molar-refractivity contribution in [1.29, 1.82) is 0 Å². The number of piperidine rings is 1. The summed E-state index contributed by atoms with van der Waals surface area (Å²) in [7, 11) is 1.65. The van der Waals surface area contributed by atoms with E-state index in [2.05, 4.69) is 10.2 Å². The second kappa shape index (κ2) is 7.78. The van der Waals surface area contributed by atoms with Gasteiger partial charge in [0.05, 0.1) is 12.6 Å². The third-order valence-electron chi connectivity index (χ3n) is 4.90. The number of anilines is 2. The summed E-state index contributed by atoms with van der Waals surface area (Å²) in [5.74, 6) is 2.06. The van der Waals surface area contributed by atoms with Gasteiger partial charge in [-0.15, -0.1) is 0 Å². The summed E-state index contributed by atoms with van der Waals surface area (Å²) < 4.78 is 18.5. The lowest BCUT2D eigenvalue weighted by Gasteiger charge is -2.27. The third kappa shape index (κ3) is 3.94. The Bertz CT molecular complexity index is 923. The van der Waals surface area contributed by atoms with Gasteiger partial charge in [-0.3, -0.25) is 0 Å². The van der Waals surface area contributed by atoms with Crippen molar-refractivity contribution in [3.05, 3.63) is 53.8 Å². The number of hydrogen-bond acceptors (Lipinski definition) is 5. The molecule has 140 valence electrons. The van der Waals surface area contributed by atoms with Crippen LogP contribution in [0.5, 0.6) is 5.75 Å². The van der Waals surface area contributed by atoms with Crippen LogP contribution in [0.3, 0.4) is 0 Å². The summed E-state index contributed by atoms with van der Waals surface area (Å²) >= 11 is 0. The Labute approximate surface area is 158 Å². The number of hydrogen-bond donors (Lipinski definition) is 1. The quantitative estimate of drug-likeness (QED) is 0.726. The molecule has 1 saturated heterocycles. The van der Waals surface area contributed by atoms with Crippen LogP contribution in [0.2, 0.25) is 0 Å². The zero-order valence-electron chi connectivity index (χ0n) is 15.4. The van der Waals surface area contributed by atoms with Crippen LogP contribution in [0, 0.1) is 5.82 Å². The molecule has 0 aliphatic carbocycles. The number of benzene rings is 2. The molecule has 1 aliphatic heterocycles. The minimum absolute atomic E-state index is 0.233. The third-order valence-corrected chi connectivity index (χ3v) is 4.90. The van der Waals surface area contributed by atoms with Crippen molar-refractivity contribution in [2.75, 3.05) is 30.4 Å². The van der Waals surface area contributed by atoms with Crippen LogP contribution >= 0.6 is 0 Å². The molecule has 1 N–H and O–H groups in total. The first-order chi connectivity index (χ1) is 13.2. The maximum atomic E-state index is 13.1. The molecule has 2 heterocycles. The highest BCUT2D eigenvalue weighted by atomic mass is 19.1. The monoisotopic (exact) mass is 366 g/mol. The minimum atomic E-state index is -0.233. The number of nitrogens with one attached hydrogen (secondary N) is 1. The molecule has 0 unspecified atom stereocenters. The van der Waals surface area contributed by atoms with E-state index < -0.39 is 0 Å². The van der Waals surface area contributed by atoms with E-state index in [9.17, 15) is 4.39 Å². The Hall–Kier alpha value is -2.89. The Kier molecular flexibility index (Phi) is 5.05. The molecular weight excluding hydrogens is 343 g/mol. The topological polar surface area (TPSA) is 50.3 Å². The first kappa shape index (κ1) is 17.5. The van der Waals surface area contributed by atoms with Crippen LogP contribution in [-0.4, -0.2) is 30.2 Å². The van der Waals surface area contributed by atoms with Crippen molar-refractivity contribution in [3.8, 4) is 5.75 Å². The van der Waals surface area contributed by atoms with Gasteiger partial charge >= 0.3 is 0 Å². The summed E-state index contributed by atoms with van der Waals surface area (Å²) in [4.78, 5) is 11.8. The molecule has 0 amide bonds. The van der Waals surface area contributed by atoms with Crippen molar-refractivity contribution in [2.24, 2.45) is 0 Å².